The number of alkyl halides is 1. The first kappa shape index (κ1) is 24.3. The van der Waals surface area contributed by atoms with E-state index in [-0.39, 0.29) is 5.97 Å². The average molecular weight is 424 g/mol. The molecule has 0 aliphatic carbocycles. The number of thioether (sulfide) groups is 1. The van der Waals surface area contributed by atoms with Crippen LogP contribution in [0.15, 0.2) is 0 Å². The largest absolute Gasteiger partial charge is 0.466 e. The second-order valence-corrected chi connectivity index (χ2v) is 8.53. The highest BCUT2D eigenvalue weighted by atomic mass is 79.9. The van der Waals surface area contributed by atoms with Gasteiger partial charge in [0, 0.05) is 16.8 Å². The predicted octanol–water partition coefficient (Wildman–Crippen LogP) is 7.14. The quantitative estimate of drug-likeness (QED) is 0.125. The van der Waals surface area contributed by atoms with E-state index in [0.717, 1.165) is 23.3 Å². The average Bonchev–Trinajstić information content (AvgIpc) is 2.59. The standard InChI is InChI=1S/C20H39BrO2S/c1-2-3-4-5-6-7-8-9-10-11-12-13-14-17-23-20(22)15-18-24-19-16-21/h2-19H2,1H3. The van der Waals surface area contributed by atoms with Crippen LogP contribution in [0.3, 0.4) is 0 Å². The first-order valence-corrected chi connectivity index (χ1v) is 12.4. The van der Waals surface area contributed by atoms with E-state index in [0.29, 0.717) is 13.0 Å². The van der Waals surface area contributed by atoms with Gasteiger partial charge in [0.15, 0.2) is 0 Å². The molecule has 0 heterocycles. The predicted molar refractivity (Wildman–Crippen MR) is 112 cm³/mol. The number of hydrogen-bond acceptors (Lipinski definition) is 3. The Bertz CT molecular complexity index is 262. The molecule has 0 aromatic rings. The van der Waals surface area contributed by atoms with Gasteiger partial charge in [-0.25, -0.2) is 0 Å². The van der Waals surface area contributed by atoms with Crippen molar-refractivity contribution in [1.82, 2.24) is 0 Å². The van der Waals surface area contributed by atoms with Crippen molar-refractivity contribution in [3.05, 3.63) is 0 Å². The lowest BCUT2D eigenvalue weighted by Crippen LogP contribution is -2.07. The van der Waals surface area contributed by atoms with E-state index in [9.17, 15) is 4.79 Å². The van der Waals surface area contributed by atoms with Crippen LogP contribution in [0.2, 0.25) is 0 Å². The Balaban J connectivity index is 3.08. The molecule has 0 amide bonds. The summed E-state index contributed by atoms with van der Waals surface area (Å²) < 4.78 is 5.26. The molecule has 0 spiro atoms. The summed E-state index contributed by atoms with van der Waals surface area (Å²) >= 11 is 5.18. The highest BCUT2D eigenvalue weighted by Gasteiger charge is 2.02. The fourth-order valence-corrected chi connectivity index (χ4v) is 4.00. The molecule has 24 heavy (non-hydrogen) atoms. The molecule has 0 aliphatic heterocycles. The molecule has 0 aromatic carbocycles. The summed E-state index contributed by atoms with van der Waals surface area (Å²) in [7, 11) is 0. The monoisotopic (exact) mass is 422 g/mol. The SMILES string of the molecule is CCCCCCCCCCCCCCCOC(=O)CCSCCBr. The van der Waals surface area contributed by atoms with Crippen molar-refractivity contribution in [3.8, 4) is 0 Å². The zero-order valence-electron chi connectivity index (χ0n) is 15.8. The molecule has 0 bridgehead atoms. The Morgan fingerprint density at radius 3 is 1.79 bits per heavy atom. The van der Waals surface area contributed by atoms with Crippen LogP contribution in [0.4, 0.5) is 0 Å². The maximum atomic E-state index is 11.5. The number of ether oxygens (including phenoxy) is 1. The summed E-state index contributed by atoms with van der Waals surface area (Å²) in [6, 6.07) is 0. The third kappa shape index (κ3) is 20.3. The summed E-state index contributed by atoms with van der Waals surface area (Å²) in [5, 5.41) is 0.992. The first-order chi connectivity index (χ1) is 11.8. The van der Waals surface area contributed by atoms with E-state index in [1.54, 1.807) is 11.8 Å². The lowest BCUT2D eigenvalue weighted by atomic mass is 10.0. The molecule has 0 atom stereocenters. The number of hydrogen-bond donors (Lipinski definition) is 0. The Morgan fingerprint density at radius 2 is 1.29 bits per heavy atom. The minimum Gasteiger partial charge on any atom is -0.466 e. The number of carbonyl (C=O) groups is 1. The zero-order valence-corrected chi connectivity index (χ0v) is 18.2. The molecule has 0 rings (SSSR count). The van der Waals surface area contributed by atoms with Crippen LogP contribution in [0.5, 0.6) is 0 Å². The fourth-order valence-electron chi connectivity index (χ4n) is 2.69. The van der Waals surface area contributed by atoms with Crippen molar-refractivity contribution in [2.45, 2.75) is 96.8 Å². The van der Waals surface area contributed by atoms with Gasteiger partial charge in [0.05, 0.1) is 13.0 Å². The van der Waals surface area contributed by atoms with Crippen LogP contribution in [-0.4, -0.2) is 29.4 Å². The lowest BCUT2D eigenvalue weighted by Gasteiger charge is -2.05. The normalized spacial score (nSPS) is 10.9. The Hall–Kier alpha value is 0.300. The van der Waals surface area contributed by atoms with Crippen LogP contribution in [0.25, 0.3) is 0 Å². The van der Waals surface area contributed by atoms with Gasteiger partial charge in [-0.3, -0.25) is 4.79 Å². The van der Waals surface area contributed by atoms with Gasteiger partial charge in [0.1, 0.15) is 0 Å². The van der Waals surface area contributed by atoms with E-state index in [1.165, 1.54) is 77.0 Å². The van der Waals surface area contributed by atoms with E-state index in [1.807, 2.05) is 0 Å². The van der Waals surface area contributed by atoms with E-state index in [4.69, 9.17) is 4.74 Å². The third-order valence-corrected chi connectivity index (χ3v) is 6.09. The molecular weight excluding hydrogens is 384 g/mol. The van der Waals surface area contributed by atoms with Crippen molar-refractivity contribution in [1.29, 1.82) is 0 Å². The fraction of sp³-hybridized carbons (Fsp3) is 0.950. The highest BCUT2D eigenvalue weighted by molar-refractivity contribution is 9.09. The van der Waals surface area contributed by atoms with Gasteiger partial charge in [-0.2, -0.15) is 11.8 Å². The summed E-state index contributed by atoms with van der Waals surface area (Å²) in [5.74, 6) is 1.91. The van der Waals surface area contributed by atoms with Crippen LogP contribution >= 0.6 is 27.7 Å². The summed E-state index contributed by atoms with van der Waals surface area (Å²) in [6.07, 6.45) is 18.1. The van der Waals surface area contributed by atoms with Crippen LogP contribution in [0, 0.1) is 0 Å². The van der Waals surface area contributed by atoms with Crippen molar-refractivity contribution in [2.75, 3.05) is 23.4 Å². The van der Waals surface area contributed by atoms with Crippen LogP contribution in [0.1, 0.15) is 96.8 Å². The number of esters is 1. The third-order valence-electron chi connectivity index (χ3n) is 4.18. The first-order valence-electron chi connectivity index (χ1n) is 10.1. The topological polar surface area (TPSA) is 26.3 Å². The minimum absolute atomic E-state index is 0.0315. The molecule has 144 valence electrons. The molecule has 0 aromatic heterocycles. The van der Waals surface area contributed by atoms with Crippen molar-refractivity contribution >= 4 is 33.7 Å². The van der Waals surface area contributed by atoms with Crippen LogP contribution in [-0.2, 0) is 9.53 Å². The van der Waals surface area contributed by atoms with Gasteiger partial charge in [0.2, 0.25) is 0 Å². The number of unbranched alkanes of at least 4 members (excludes halogenated alkanes) is 12. The summed E-state index contributed by atoms with van der Waals surface area (Å²) in [5.41, 5.74) is 0. The van der Waals surface area contributed by atoms with E-state index in [2.05, 4.69) is 22.9 Å². The molecule has 0 fully saturated rings. The number of carbonyl (C=O) groups excluding carboxylic acids is 1. The van der Waals surface area contributed by atoms with Crippen LogP contribution < -0.4 is 0 Å². The molecule has 0 N–H and O–H groups in total. The Labute approximate surface area is 163 Å². The highest BCUT2D eigenvalue weighted by Crippen LogP contribution is 2.12. The lowest BCUT2D eigenvalue weighted by molar-refractivity contribution is -0.143. The van der Waals surface area contributed by atoms with Gasteiger partial charge in [-0.1, -0.05) is 99.9 Å². The molecule has 0 saturated carbocycles. The molecular formula is C20H39BrO2S. The van der Waals surface area contributed by atoms with Gasteiger partial charge in [-0.15, -0.1) is 0 Å². The van der Waals surface area contributed by atoms with E-state index < -0.39 is 0 Å². The maximum absolute atomic E-state index is 11.5. The molecule has 4 heteroatoms. The van der Waals surface area contributed by atoms with Crippen molar-refractivity contribution < 1.29 is 9.53 Å². The molecule has 0 aliphatic rings. The second-order valence-electron chi connectivity index (χ2n) is 6.51. The van der Waals surface area contributed by atoms with E-state index >= 15 is 0 Å². The molecule has 0 unspecified atom stereocenters. The van der Waals surface area contributed by atoms with Gasteiger partial charge >= 0.3 is 5.97 Å². The van der Waals surface area contributed by atoms with Gasteiger partial charge in [-0.05, 0) is 6.42 Å². The van der Waals surface area contributed by atoms with Gasteiger partial charge < -0.3 is 4.74 Å². The molecule has 2 nitrogen and oxygen atoms in total. The second kappa shape index (κ2) is 21.3. The molecule has 0 saturated heterocycles. The Morgan fingerprint density at radius 1 is 0.792 bits per heavy atom. The minimum atomic E-state index is -0.0315. The zero-order chi connectivity index (χ0) is 17.7. The number of halogens is 1. The van der Waals surface area contributed by atoms with Gasteiger partial charge in [0.25, 0.3) is 0 Å². The van der Waals surface area contributed by atoms with Crippen molar-refractivity contribution in [3.63, 3.8) is 0 Å². The summed E-state index contributed by atoms with van der Waals surface area (Å²) in [6.45, 7) is 2.88. The summed E-state index contributed by atoms with van der Waals surface area (Å²) in [4.78, 5) is 11.5. The number of rotatable bonds is 19. The smallest absolute Gasteiger partial charge is 0.306 e. The van der Waals surface area contributed by atoms with Crippen molar-refractivity contribution in [2.24, 2.45) is 0 Å². The Kier molecular flexibility index (Phi) is 21.6. The molecule has 0 radical (unpaired) electrons. The maximum Gasteiger partial charge on any atom is 0.306 e.